The molecule has 1 amide bonds. The third-order valence-corrected chi connectivity index (χ3v) is 4.23. The van der Waals surface area contributed by atoms with Crippen molar-refractivity contribution in [2.75, 3.05) is 12.0 Å². The van der Waals surface area contributed by atoms with Gasteiger partial charge in [-0.3, -0.25) is 9.69 Å². The number of amides is 1. The summed E-state index contributed by atoms with van der Waals surface area (Å²) < 4.78 is 10.6. The smallest absolute Gasteiger partial charge is 0.270 e. The van der Waals surface area contributed by atoms with E-state index in [-0.39, 0.29) is 5.57 Å². The number of ether oxygens (including phenoxy) is 1. The van der Waals surface area contributed by atoms with E-state index in [0.717, 1.165) is 5.56 Å². The molecule has 0 unspecified atom stereocenters. The molecule has 28 heavy (non-hydrogen) atoms. The fraction of sp³-hybridized carbons (Fsp3) is 0.136. The molecule has 3 aromatic rings. The van der Waals surface area contributed by atoms with Crippen LogP contribution in [0.2, 0.25) is 0 Å². The summed E-state index contributed by atoms with van der Waals surface area (Å²) in [5, 5.41) is 9.63. The molecule has 0 aliphatic carbocycles. The summed E-state index contributed by atoms with van der Waals surface area (Å²) in [7, 11) is 1.58. The summed E-state index contributed by atoms with van der Waals surface area (Å²) >= 11 is 0. The van der Waals surface area contributed by atoms with Crippen LogP contribution in [-0.4, -0.2) is 18.0 Å². The largest absolute Gasteiger partial charge is 0.497 e. The molecule has 6 nitrogen and oxygen atoms in total. The summed E-state index contributed by atoms with van der Waals surface area (Å²) in [4.78, 5) is 19.0. The van der Waals surface area contributed by atoms with Gasteiger partial charge in [-0.05, 0) is 55.0 Å². The lowest BCUT2D eigenvalue weighted by Crippen LogP contribution is -2.35. The highest BCUT2D eigenvalue weighted by molar-refractivity contribution is 6.11. The third-order valence-electron chi connectivity index (χ3n) is 4.23. The molecule has 3 rings (SSSR count). The number of aromatic nitrogens is 1. The highest BCUT2D eigenvalue weighted by atomic mass is 16.5. The number of carbonyl (C=O) groups excluding carboxylic acids is 1. The molecule has 0 aliphatic heterocycles. The Morgan fingerprint density at radius 1 is 1.21 bits per heavy atom. The number of furan rings is 1. The summed E-state index contributed by atoms with van der Waals surface area (Å²) in [5.74, 6) is 1.28. The van der Waals surface area contributed by atoms with Crippen molar-refractivity contribution in [3.63, 3.8) is 0 Å². The summed E-state index contributed by atoms with van der Waals surface area (Å²) in [6.07, 6.45) is 4.70. The Hall–Kier alpha value is -3.85. The van der Waals surface area contributed by atoms with Crippen molar-refractivity contribution in [2.24, 2.45) is 0 Å². The maximum Gasteiger partial charge on any atom is 0.270 e. The topological polar surface area (TPSA) is 79.4 Å². The minimum absolute atomic E-state index is 0.00535. The van der Waals surface area contributed by atoms with Crippen LogP contribution in [0.25, 0.3) is 6.08 Å². The fourth-order valence-corrected chi connectivity index (χ4v) is 2.77. The standard InChI is InChI=1S/C22H19N3O3/c1-16(20-6-5-13-28-20)25(21-7-3-4-12-24-21)22(26)18(15-23)14-17-8-10-19(27-2)11-9-17/h3-14,16H,1-2H3/b18-14+/t16-/m0/s1. The second-order valence-corrected chi connectivity index (χ2v) is 6.00. The molecule has 0 N–H and O–H groups in total. The Bertz CT molecular complexity index is 988. The lowest BCUT2D eigenvalue weighted by atomic mass is 10.1. The van der Waals surface area contributed by atoms with Gasteiger partial charge in [-0.25, -0.2) is 4.98 Å². The number of benzene rings is 1. The van der Waals surface area contributed by atoms with Crippen LogP contribution in [0.4, 0.5) is 5.82 Å². The van der Waals surface area contributed by atoms with Crippen LogP contribution in [0, 0.1) is 11.3 Å². The van der Waals surface area contributed by atoms with Gasteiger partial charge in [-0.2, -0.15) is 5.26 Å². The molecule has 0 fully saturated rings. The van der Waals surface area contributed by atoms with E-state index in [2.05, 4.69) is 4.98 Å². The molecular formula is C22H19N3O3. The Labute approximate surface area is 163 Å². The maximum absolute atomic E-state index is 13.3. The SMILES string of the molecule is COc1ccc(/C=C(\C#N)C(=O)N(c2ccccn2)[C@@H](C)c2ccco2)cc1. The van der Waals surface area contributed by atoms with E-state index in [4.69, 9.17) is 9.15 Å². The predicted molar refractivity (Wildman–Crippen MR) is 105 cm³/mol. The molecule has 140 valence electrons. The molecule has 2 aromatic heterocycles. The number of carbonyl (C=O) groups is 1. The molecular weight excluding hydrogens is 354 g/mol. The lowest BCUT2D eigenvalue weighted by molar-refractivity contribution is -0.115. The average Bonchev–Trinajstić information content (AvgIpc) is 3.28. The number of pyridine rings is 1. The number of hydrogen-bond donors (Lipinski definition) is 0. The first-order valence-corrected chi connectivity index (χ1v) is 8.68. The predicted octanol–water partition coefficient (Wildman–Crippen LogP) is 4.38. The number of nitrogens with zero attached hydrogens (tertiary/aromatic N) is 3. The zero-order valence-electron chi connectivity index (χ0n) is 15.6. The Morgan fingerprint density at radius 3 is 2.57 bits per heavy atom. The minimum Gasteiger partial charge on any atom is -0.497 e. The van der Waals surface area contributed by atoms with Gasteiger partial charge in [-0.15, -0.1) is 0 Å². The van der Waals surface area contributed by atoms with Crippen molar-refractivity contribution in [1.82, 2.24) is 4.98 Å². The van der Waals surface area contributed by atoms with Gasteiger partial charge in [0.25, 0.3) is 5.91 Å². The van der Waals surface area contributed by atoms with Gasteiger partial charge < -0.3 is 9.15 Å². The second-order valence-electron chi connectivity index (χ2n) is 6.00. The van der Waals surface area contributed by atoms with E-state index >= 15 is 0 Å². The molecule has 6 heteroatoms. The first-order chi connectivity index (χ1) is 13.6. The number of hydrogen-bond acceptors (Lipinski definition) is 5. The van der Waals surface area contributed by atoms with Crippen LogP contribution >= 0.6 is 0 Å². The monoisotopic (exact) mass is 373 g/mol. The third kappa shape index (κ3) is 4.10. The van der Waals surface area contributed by atoms with Crippen LogP contribution in [0.15, 0.2) is 77.0 Å². The van der Waals surface area contributed by atoms with Crippen molar-refractivity contribution in [3.05, 3.63) is 84.0 Å². The first kappa shape index (κ1) is 18.9. The quantitative estimate of drug-likeness (QED) is 0.473. The molecule has 1 atom stereocenters. The fourth-order valence-electron chi connectivity index (χ4n) is 2.77. The van der Waals surface area contributed by atoms with Crippen molar-refractivity contribution in [1.29, 1.82) is 5.26 Å². The van der Waals surface area contributed by atoms with E-state index < -0.39 is 11.9 Å². The highest BCUT2D eigenvalue weighted by Gasteiger charge is 2.28. The maximum atomic E-state index is 13.3. The molecule has 0 bridgehead atoms. The minimum atomic E-state index is -0.457. The van der Waals surface area contributed by atoms with Crippen molar-refractivity contribution >= 4 is 17.8 Å². The van der Waals surface area contributed by atoms with Crippen molar-refractivity contribution < 1.29 is 13.9 Å². The number of methoxy groups -OCH3 is 1. The van der Waals surface area contributed by atoms with Crippen LogP contribution < -0.4 is 9.64 Å². The number of nitriles is 1. The first-order valence-electron chi connectivity index (χ1n) is 8.68. The normalized spacial score (nSPS) is 12.1. The van der Waals surface area contributed by atoms with E-state index in [1.54, 1.807) is 80.2 Å². The molecule has 0 radical (unpaired) electrons. The molecule has 0 aliphatic rings. The van der Waals surface area contributed by atoms with Gasteiger partial charge in [0.1, 0.15) is 29.0 Å². The van der Waals surface area contributed by atoms with Gasteiger partial charge in [0, 0.05) is 6.20 Å². The van der Waals surface area contributed by atoms with Gasteiger partial charge in [0.2, 0.25) is 0 Å². The number of anilines is 1. The summed E-state index contributed by atoms with van der Waals surface area (Å²) in [6.45, 7) is 1.83. The zero-order valence-corrected chi connectivity index (χ0v) is 15.6. The number of rotatable bonds is 6. The van der Waals surface area contributed by atoms with Crippen molar-refractivity contribution in [2.45, 2.75) is 13.0 Å². The van der Waals surface area contributed by atoms with E-state index in [9.17, 15) is 10.1 Å². The Morgan fingerprint density at radius 2 is 2.00 bits per heavy atom. The average molecular weight is 373 g/mol. The van der Waals surface area contributed by atoms with Crippen LogP contribution in [0.3, 0.4) is 0 Å². The second kappa shape index (κ2) is 8.69. The Balaban J connectivity index is 1.99. The van der Waals surface area contributed by atoms with E-state index in [1.165, 1.54) is 4.90 Å². The van der Waals surface area contributed by atoms with Gasteiger partial charge in [0.05, 0.1) is 19.4 Å². The van der Waals surface area contributed by atoms with Gasteiger partial charge in [0.15, 0.2) is 0 Å². The molecule has 0 spiro atoms. The molecule has 2 heterocycles. The van der Waals surface area contributed by atoms with E-state index in [1.807, 2.05) is 13.0 Å². The van der Waals surface area contributed by atoms with Crippen LogP contribution in [0.5, 0.6) is 5.75 Å². The zero-order chi connectivity index (χ0) is 19.9. The molecule has 1 aromatic carbocycles. The Kier molecular flexibility index (Phi) is 5.87. The van der Waals surface area contributed by atoms with Crippen LogP contribution in [0.1, 0.15) is 24.3 Å². The summed E-state index contributed by atoms with van der Waals surface area (Å²) in [5.41, 5.74) is 0.714. The van der Waals surface area contributed by atoms with E-state index in [0.29, 0.717) is 17.3 Å². The van der Waals surface area contributed by atoms with Crippen molar-refractivity contribution in [3.8, 4) is 11.8 Å². The molecule has 0 saturated carbocycles. The molecule has 0 saturated heterocycles. The van der Waals surface area contributed by atoms with Gasteiger partial charge in [-0.1, -0.05) is 18.2 Å². The summed E-state index contributed by atoms with van der Waals surface area (Å²) in [6, 6.07) is 17.5. The lowest BCUT2D eigenvalue weighted by Gasteiger charge is -2.26. The van der Waals surface area contributed by atoms with Crippen LogP contribution in [-0.2, 0) is 4.79 Å². The van der Waals surface area contributed by atoms with Gasteiger partial charge >= 0.3 is 0 Å². The highest BCUT2D eigenvalue weighted by Crippen LogP contribution is 2.28.